The molecule has 1 aromatic heterocycles. The van der Waals surface area contributed by atoms with Crippen LogP contribution in [0.5, 0.6) is 0 Å². The largest absolute Gasteiger partial charge is 0.334 e. The van der Waals surface area contributed by atoms with E-state index in [4.69, 9.17) is 4.98 Å². The van der Waals surface area contributed by atoms with Crippen LogP contribution in [0, 0.1) is 0 Å². The summed E-state index contributed by atoms with van der Waals surface area (Å²) in [7, 11) is 0. The lowest BCUT2D eigenvalue weighted by atomic mass is 10.1. The highest BCUT2D eigenvalue weighted by molar-refractivity contribution is 5.15. The van der Waals surface area contributed by atoms with E-state index >= 15 is 0 Å². The third-order valence-electron chi connectivity index (χ3n) is 3.87. The van der Waals surface area contributed by atoms with Crippen LogP contribution in [0.15, 0.2) is 36.5 Å². The fourth-order valence-corrected chi connectivity index (χ4v) is 2.69. The second-order valence-corrected chi connectivity index (χ2v) is 6.13. The van der Waals surface area contributed by atoms with Crippen LogP contribution >= 0.6 is 0 Å². The number of benzene rings is 1. The molecular formula is C19H28N2. The molecule has 0 saturated heterocycles. The summed E-state index contributed by atoms with van der Waals surface area (Å²) in [6, 6.07) is 10.7. The van der Waals surface area contributed by atoms with Crippen LogP contribution in [0.3, 0.4) is 0 Å². The first-order valence-electron chi connectivity index (χ1n) is 8.30. The van der Waals surface area contributed by atoms with E-state index in [9.17, 15) is 0 Å². The second kappa shape index (κ2) is 8.02. The molecule has 0 aliphatic rings. The van der Waals surface area contributed by atoms with Crippen LogP contribution in [-0.2, 0) is 19.4 Å². The van der Waals surface area contributed by atoms with E-state index in [0.717, 1.165) is 19.4 Å². The first-order chi connectivity index (χ1) is 10.2. The van der Waals surface area contributed by atoms with E-state index in [1.165, 1.54) is 36.3 Å². The van der Waals surface area contributed by atoms with Gasteiger partial charge in [0, 0.05) is 18.7 Å². The summed E-state index contributed by atoms with van der Waals surface area (Å²) in [5.41, 5.74) is 2.68. The van der Waals surface area contributed by atoms with Crippen LogP contribution in [-0.4, -0.2) is 9.55 Å². The smallest absolute Gasteiger partial charge is 0.111 e. The molecule has 0 fully saturated rings. The van der Waals surface area contributed by atoms with E-state index in [1.54, 1.807) is 0 Å². The maximum Gasteiger partial charge on any atom is 0.111 e. The Hall–Kier alpha value is -1.57. The molecule has 0 saturated carbocycles. The number of aryl methyl sites for hydroxylation is 3. The molecule has 0 bridgehead atoms. The summed E-state index contributed by atoms with van der Waals surface area (Å²) in [4.78, 5) is 4.86. The Balaban J connectivity index is 1.93. The topological polar surface area (TPSA) is 17.8 Å². The van der Waals surface area contributed by atoms with Gasteiger partial charge in [-0.15, -0.1) is 0 Å². The standard InChI is InChI=1S/C19H28N2/c1-4-5-14-21-15-18(20-19(21)16(2)3)13-9-12-17-10-7-6-8-11-17/h6-8,10-11,15-16H,4-5,9,12-14H2,1-3H3. The van der Waals surface area contributed by atoms with Gasteiger partial charge in [0.25, 0.3) is 0 Å². The molecule has 0 aliphatic carbocycles. The lowest BCUT2D eigenvalue weighted by molar-refractivity contribution is 0.583. The molecule has 0 atom stereocenters. The quantitative estimate of drug-likeness (QED) is 0.668. The molecule has 0 unspecified atom stereocenters. The summed E-state index contributed by atoms with van der Waals surface area (Å²) in [5, 5.41) is 0. The van der Waals surface area contributed by atoms with Gasteiger partial charge in [-0.3, -0.25) is 0 Å². The normalized spacial score (nSPS) is 11.2. The van der Waals surface area contributed by atoms with Crippen molar-refractivity contribution in [3.8, 4) is 0 Å². The molecule has 0 N–H and O–H groups in total. The average molecular weight is 284 g/mol. The first kappa shape index (κ1) is 15.8. The van der Waals surface area contributed by atoms with Gasteiger partial charge in [-0.1, -0.05) is 57.5 Å². The third kappa shape index (κ3) is 4.73. The summed E-state index contributed by atoms with van der Waals surface area (Å²) in [6.45, 7) is 7.82. The van der Waals surface area contributed by atoms with Gasteiger partial charge in [-0.2, -0.15) is 0 Å². The average Bonchev–Trinajstić information content (AvgIpc) is 2.90. The zero-order valence-corrected chi connectivity index (χ0v) is 13.7. The number of nitrogens with zero attached hydrogens (tertiary/aromatic N) is 2. The van der Waals surface area contributed by atoms with Crippen LogP contribution in [0.25, 0.3) is 0 Å². The van der Waals surface area contributed by atoms with Gasteiger partial charge in [-0.25, -0.2) is 4.98 Å². The molecule has 1 heterocycles. The number of hydrogen-bond donors (Lipinski definition) is 0. The fraction of sp³-hybridized carbons (Fsp3) is 0.526. The van der Waals surface area contributed by atoms with E-state index in [2.05, 4.69) is 61.9 Å². The molecule has 1 aromatic carbocycles. The second-order valence-electron chi connectivity index (χ2n) is 6.13. The highest BCUT2D eigenvalue weighted by atomic mass is 15.1. The van der Waals surface area contributed by atoms with Crippen molar-refractivity contribution in [3.05, 3.63) is 53.6 Å². The Bertz CT molecular complexity index is 526. The Morgan fingerprint density at radius 1 is 1.05 bits per heavy atom. The van der Waals surface area contributed by atoms with Crippen LogP contribution in [0.4, 0.5) is 0 Å². The molecule has 0 spiro atoms. The number of aromatic nitrogens is 2. The predicted molar refractivity (Wildman–Crippen MR) is 89.7 cm³/mol. The summed E-state index contributed by atoms with van der Waals surface area (Å²) in [6.07, 6.45) is 8.13. The zero-order chi connectivity index (χ0) is 15.1. The first-order valence-corrected chi connectivity index (χ1v) is 8.30. The van der Waals surface area contributed by atoms with Gasteiger partial charge < -0.3 is 4.57 Å². The summed E-state index contributed by atoms with van der Waals surface area (Å²) < 4.78 is 2.37. The molecule has 2 aromatic rings. The van der Waals surface area contributed by atoms with Crippen molar-refractivity contribution in [3.63, 3.8) is 0 Å². The molecule has 2 nitrogen and oxygen atoms in total. The van der Waals surface area contributed by atoms with Crippen molar-refractivity contribution in [1.82, 2.24) is 9.55 Å². The van der Waals surface area contributed by atoms with Crippen LogP contribution in [0.1, 0.15) is 63.0 Å². The molecular weight excluding hydrogens is 256 g/mol. The van der Waals surface area contributed by atoms with Gasteiger partial charge in [-0.05, 0) is 31.2 Å². The lowest BCUT2D eigenvalue weighted by Crippen LogP contribution is -2.04. The van der Waals surface area contributed by atoms with Gasteiger partial charge in [0.1, 0.15) is 5.82 Å². The monoisotopic (exact) mass is 284 g/mol. The Kier molecular flexibility index (Phi) is 6.04. The predicted octanol–water partition coefficient (Wildman–Crippen LogP) is 4.98. The van der Waals surface area contributed by atoms with E-state index in [1.807, 2.05) is 0 Å². The van der Waals surface area contributed by atoms with Crippen molar-refractivity contribution >= 4 is 0 Å². The number of hydrogen-bond acceptors (Lipinski definition) is 1. The van der Waals surface area contributed by atoms with Crippen molar-refractivity contribution in [2.75, 3.05) is 0 Å². The Labute approximate surface area is 129 Å². The van der Waals surface area contributed by atoms with Gasteiger partial charge in [0.2, 0.25) is 0 Å². The SMILES string of the molecule is CCCCn1cc(CCCc2ccccc2)nc1C(C)C. The van der Waals surface area contributed by atoms with Crippen molar-refractivity contribution in [2.45, 2.75) is 65.3 Å². The maximum atomic E-state index is 4.86. The minimum Gasteiger partial charge on any atom is -0.334 e. The minimum absolute atomic E-state index is 0.504. The molecule has 0 radical (unpaired) electrons. The molecule has 2 rings (SSSR count). The summed E-state index contributed by atoms with van der Waals surface area (Å²) >= 11 is 0. The molecule has 2 heteroatoms. The number of imidazole rings is 1. The van der Waals surface area contributed by atoms with Gasteiger partial charge >= 0.3 is 0 Å². The summed E-state index contributed by atoms with van der Waals surface area (Å²) in [5.74, 6) is 1.75. The van der Waals surface area contributed by atoms with Gasteiger partial charge in [0.15, 0.2) is 0 Å². The van der Waals surface area contributed by atoms with Crippen molar-refractivity contribution < 1.29 is 0 Å². The Morgan fingerprint density at radius 3 is 2.48 bits per heavy atom. The highest BCUT2D eigenvalue weighted by Gasteiger charge is 2.10. The van der Waals surface area contributed by atoms with Crippen molar-refractivity contribution in [2.24, 2.45) is 0 Å². The highest BCUT2D eigenvalue weighted by Crippen LogP contribution is 2.17. The van der Waals surface area contributed by atoms with Crippen LogP contribution < -0.4 is 0 Å². The maximum absolute atomic E-state index is 4.86. The molecule has 0 amide bonds. The van der Waals surface area contributed by atoms with E-state index in [-0.39, 0.29) is 0 Å². The third-order valence-corrected chi connectivity index (χ3v) is 3.87. The molecule has 0 aliphatic heterocycles. The number of rotatable bonds is 8. The lowest BCUT2D eigenvalue weighted by Gasteiger charge is -2.08. The fourth-order valence-electron chi connectivity index (χ4n) is 2.69. The van der Waals surface area contributed by atoms with Crippen molar-refractivity contribution in [1.29, 1.82) is 0 Å². The van der Waals surface area contributed by atoms with Crippen LogP contribution in [0.2, 0.25) is 0 Å². The Morgan fingerprint density at radius 2 is 1.81 bits per heavy atom. The minimum atomic E-state index is 0.504. The van der Waals surface area contributed by atoms with Gasteiger partial charge in [0.05, 0.1) is 5.69 Å². The van der Waals surface area contributed by atoms with E-state index < -0.39 is 0 Å². The number of unbranched alkanes of at least 4 members (excludes halogenated alkanes) is 1. The zero-order valence-electron chi connectivity index (χ0n) is 13.7. The molecule has 114 valence electrons. The molecule has 21 heavy (non-hydrogen) atoms. The van der Waals surface area contributed by atoms with E-state index in [0.29, 0.717) is 5.92 Å².